The standard InChI is InChI=1S/C23H31ClN4O/c1-22-12-5-13-23(2,28(22)16-17-6-8-19(29-4)9-7-17)15-18(14-22)27(3)21-11-10-20(24)25-26-21/h6-11,18H,5,12-16H2,1-4H3/t18-,22+,23?/m1/s1. The average molecular weight is 415 g/mol. The molecule has 0 N–H and O–H groups in total. The second kappa shape index (κ2) is 7.77. The van der Waals surface area contributed by atoms with E-state index in [0.29, 0.717) is 11.2 Å². The molecule has 6 heteroatoms. The molecule has 0 aliphatic carbocycles. The molecule has 0 radical (unpaired) electrons. The largest absolute Gasteiger partial charge is 0.497 e. The van der Waals surface area contributed by atoms with Gasteiger partial charge in [0.05, 0.1) is 7.11 Å². The number of hydrogen-bond acceptors (Lipinski definition) is 5. The van der Waals surface area contributed by atoms with Gasteiger partial charge in [0.2, 0.25) is 0 Å². The van der Waals surface area contributed by atoms with E-state index in [1.165, 1.54) is 24.8 Å². The maximum Gasteiger partial charge on any atom is 0.151 e. The zero-order chi connectivity index (χ0) is 20.6. The van der Waals surface area contributed by atoms with Crippen molar-refractivity contribution in [1.82, 2.24) is 15.1 Å². The van der Waals surface area contributed by atoms with Crippen molar-refractivity contribution in [3.8, 4) is 5.75 Å². The summed E-state index contributed by atoms with van der Waals surface area (Å²) in [5, 5.41) is 8.79. The van der Waals surface area contributed by atoms with Crippen molar-refractivity contribution in [2.24, 2.45) is 0 Å². The highest BCUT2D eigenvalue weighted by molar-refractivity contribution is 6.29. The van der Waals surface area contributed by atoms with Crippen LogP contribution >= 0.6 is 11.6 Å². The highest BCUT2D eigenvalue weighted by Crippen LogP contribution is 2.50. The van der Waals surface area contributed by atoms with Crippen molar-refractivity contribution in [3.63, 3.8) is 0 Å². The van der Waals surface area contributed by atoms with Crippen LogP contribution in [0.2, 0.25) is 5.15 Å². The maximum absolute atomic E-state index is 5.93. The normalized spacial score (nSPS) is 29.5. The number of halogens is 1. The van der Waals surface area contributed by atoms with Gasteiger partial charge in [0.25, 0.3) is 0 Å². The van der Waals surface area contributed by atoms with E-state index >= 15 is 0 Å². The van der Waals surface area contributed by atoms with E-state index in [1.54, 1.807) is 7.11 Å². The van der Waals surface area contributed by atoms with E-state index in [9.17, 15) is 0 Å². The maximum atomic E-state index is 5.93. The molecular weight excluding hydrogens is 384 g/mol. The fraction of sp³-hybridized carbons (Fsp3) is 0.565. The number of benzene rings is 1. The number of piperidine rings is 2. The van der Waals surface area contributed by atoms with Crippen LogP contribution in [0.3, 0.4) is 0 Å². The van der Waals surface area contributed by atoms with Crippen molar-refractivity contribution >= 4 is 17.4 Å². The first-order valence-electron chi connectivity index (χ1n) is 10.5. The molecule has 1 aromatic heterocycles. The number of nitrogens with zero attached hydrogens (tertiary/aromatic N) is 4. The average Bonchev–Trinajstić information content (AvgIpc) is 2.70. The van der Waals surface area contributed by atoms with Crippen molar-refractivity contribution in [3.05, 3.63) is 47.1 Å². The summed E-state index contributed by atoms with van der Waals surface area (Å²) in [6.07, 6.45) is 6.01. The van der Waals surface area contributed by atoms with Crippen LogP contribution in [0.4, 0.5) is 5.82 Å². The molecule has 4 rings (SSSR count). The number of methoxy groups -OCH3 is 1. The van der Waals surface area contributed by atoms with E-state index in [2.05, 4.69) is 65.2 Å². The molecule has 0 spiro atoms. The van der Waals surface area contributed by atoms with E-state index in [-0.39, 0.29) is 11.1 Å². The van der Waals surface area contributed by atoms with Crippen molar-refractivity contribution in [2.45, 2.75) is 69.6 Å². The Labute approximate surface area is 179 Å². The molecular formula is C23H31ClN4O. The molecule has 0 saturated carbocycles. The summed E-state index contributed by atoms with van der Waals surface area (Å²) in [6, 6.07) is 12.8. The quantitative estimate of drug-likeness (QED) is 0.693. The lowest BCUT2D eigenvalue weighted by Crippen LogP contribution is -2.67. The Bertz CT molecular complexity index is 823. The predicted molar refractivity (Wildman–Crippen MR) is 118 cm³/mol. The summed E-state index contributed by atoms with van der Waals surface area (Å²) in [6.45, 7) is 5.87. The summed E-state index contributed by atoms with van der Waals surface area (Å²) in [7, 11) is 3.86. The van der Waals surface area contributed by atoms with Gasteiger partial charge in [0.1, 0.15) is 5.75 Å². The van der Waals surface area contributed by atoms with Crippen molar-refractivity contribution < 1.29 is 4.74 Å². The molecule has 2 saturated heterocycles. The van der Waals surface area contributed by atoms with Crippen LogP contribution in [0, 0.1) is 0 Å². The summed E-state index contributed by atoms with van der Waals surface area (Å²) in [5.41, 5.74) is 1.69. The van der Waals surface area contributed by atoms with Gasteiger partial charge in [-0.15, -0.1) is 10.2 Å². The molecule has 3 atom stereocenters. The van der Waals surface area contributed by atoms with E-state index < -0.39 is 0 Å². The molecule has 2 aromatic rings. The molecule has 0 amide bonds. The predicted octanol–water partition coefficient (Wildman–Crippen LogP) is 4.94. The van der Waals surface area contributed by atoms with Crippen LogP contribution in [-0.4, -0.2) is 46.4 Å². The SMILES string of the molecule is COc1ccc(CN2C3(C)CCC[C@@]2(C)C[C@@H](N(C)c2ccc(Cl)nn2)C3)cc1. The Balaban J connectivity index is 1.57. The first-order valence-corrected chi connectivity index (χ1v) is 10.8. The molecule has 2 aliphatic rings. The van der Waals surface area contributed by atoms with Gasteiger partial charge < -0.3 is 9.64 Å². The smallest absolute Gasteiger partial charge is 0.151 e. The Morgan fingerprint density at radius 1 is 1.07 bits per heavy atom. The van der Waals surface area contributed by atoms with Gasteiger partial charge in [0.15, 0.2) is 11.0 Å². The molecule has 2 bridgehead atoms. The topological polar surface area (TPSA) is 41.5 Å². The number of rotatable bonds is 5. The lowest BCUT2D eigenvalue weighted by Gasteiger charge is -2.62. The Morgan fingerprint density at radius 2 is 1.72 bits per heavy atom. The monoisotopic (exact) mass is 414 g/mol. The zero-order valence-corrected chi connectivity index (χ0v) is 18.6. The Morgan fingerprint density at radius 3 is 2.28 bits per heavy atom. The van der Waals surface area contributed by atoms with Gasteiger partial charge >= 0.3 is 0 Å². The minimum Gasteiger partial charge on any atom is -0.497 e. The minimum atomic E-state index is 0.171. The second-order valence-electron chi connectivity index (χ2n) is 9.17. The van der Waals surface area contributed by atoms with Crippen LogP contribution in [0.5, 0.6) is 5.75 Å². The molecule has 3 heterocycles. The van der Waals surface area contributed by atoms with Gasteiger partial charge in [-0.25, -0.2) is 0 Å². The Kier molecular flexibility index (Phi) is 5.47. The highest BCUT2D eigenvalue weighted by atomic mass is 35.5. The van der Waals surface area contributed by atoms with Gasteiger partial charge in [-0.2, -0.15) is 0 Å². The lowest BCUT2D eigenvalue weighted by molar-refractivity contribution is -0.0976. The van der Waals surface area contributed by atoms with Gasteiger partial charge in [-0.05, 0) is 75.8 Å². The number of anilines is 1. The van der Waals surface area contributed by atoms with E-state index in [1.807, 2.05) is 12.1 Å². The second-order valence-corrected chi connectivity index (χ2v) is 9.56. The molecule has 2 aliphatic heterocycles. The van der Waals surface area contributed by atoms with Crippen molar-refractivity contribution in [2.75, 3.05) is 19.1 Å². The molecule has 2 fully saturated rings. The summed E-state index contributed by atoms with van der Waals surface area (Å²) in [4.78, 5) is 5.07. The molecule has 29 heavy (non-hydrogen) atoms. The molecule has 1 aromatic carbocycles. The van der Waals surface area contributed by atoms with Crippen LogP contribution in [0.25, 0.3) is 0 Å². The fourth-order valence-corrected chi connectivity index (χ4v) is 5.64. The van der Waals surface area contributed by atoms with Crippen LogP contribution in [-0.2, 0) is 6.54 Å². The number of hydrogen-bond donors (Lipinski definition) is 0. The Hall–Kier alpha value is -1.85. The van der Waals surface area contributed by atoms with Crippen molar-refractivity contribution in [1.29, 1.82) is 0 Å². The van der Waals surface area contributed by atoms with Gasteiger partial charge in [0, 0.05) is 30.7 Å². The third kappa shape index (κ3) is 3.95. The van der Waals surface area contributed by atoms with Crippen LogP contribution in [0.15, 0.2) is 36.4 Å². The van der Waals surface area contributed by atoms with E-state index in [4.69, 9.17) is 16.3 Å². The highest BCUT2D eigenvalue weighted by Gasteiger charge is 2.52. The first kappa shape index (κ1) is 20.4. The van der Waals surface area contributed by atoms with Gasteiger partial charge in [-0.1, -0.05) is 23.7 Å². The number of aromatic nitrogens is 2. The number of ether oxygens (including phenoxy) is 1. The zero-order valence-electron chi connectivity index (χ0n) is 17.9. The molecule has 156 valence electrons. The summed E-state index contributed by atoms with van der Waals surface area (Å²) >= 11 is 5.93. The summed E-state index contributed by atoms with van der Waals surface area (Å²) in [5.74, 6) is 1.81. The fourth-order valence-electron chi connectivity index (χ4n) is 5.54. The lowest BCUT2D eigenvalue weighted by atomic mass is 9.66. The minimum absolute atomic E-state index is 0.171. The summed E-state index contributed by atoms with van der Waals surface area (Å²) < 4.78 is 5.32. The third-order valence-electron chi connectivity index (χ3n) is 7.11. The third-order valence-corrected chi connectivity index (χ3v) is 7.31. The van der Waals surface area contributed by atoms with Crippen LogP contribution < -0.4 is 9.64 Å². The number of fused-ring (bicyclic) bond motifs is 2. The molecule has 1 unspecified atom stereocenters. The molecule has 5 nitrogen and oxygen atoms in total. The first-order chi connectivity index (χ1) is 13.8. The van der Waals surface area contributed by atoms with E-state index in [0.717, 1.165) is 31.0 Å². The van der Waals surface area contributed by atoms with Gasteiger partial charge in [-0.3, -0.25) is 4.90 Å². The van der Waals surface area contributed by atoms with Crippen LogP contribution in [0.1, 0.15) is 51.5 Å².